The van der Waals surface area contributed by atoms with Crippen LogP contribution in [0.4, 0.5) is 4.79 Å². The average molecular weight is 380 g/mol. The minimum Gasteiger partial charge on any atom is -0.339 e. The number of benzene rings is 1. The Morgan fingerprint density at radius 2 is 2.00 bits per heavy atom. The highest BCUT2D eigenvalue weighted by Crippen LogP contribution is 2.34. The van der Waals surface area contributed by atoms with E-state index in [1.807, 2.05) is 30.3 Å². The summed E-state index contributed by atoms with van der Waals surface area (Å²) in [7, 11) is 1.77. The molecular formula is C18H26ClN5O2. The number of halogens is 1. The third-order valence-corrected chi connectivity index (χ3v) is 4.63. The smallest absolute Gasteiger partial charge is 0.317 e. The molecule has 0 saturated heterocycles. The largest absolute Gasteiger partial charge is 0.339 e. The van der Waals surface area contributed by atoms with Crippen molar-refractivity contribution in [3.8, 4) is 0 Å². The molecule has 8 heteroatoms. The third kappa shape index (κ3) is 4.95. The molecule has 1 saturated carbocycles. The minimum atomic E-state index is -0.444. The molecule has 1 heterocycles. The predicted molar refractivity (Wildman–Crippen MR) is 101 cm³/mol. The van der Waals surface area contributed by atoms with Gasteiger partial charge in [-0.15, -0.1) is 12.4 Å². The first-order valence-electron chi connectivity index (χ1n) is 8.72. The second kappa shape index (κ2) is 9.00. The summed E-state index contributed by atoms with van der Waals surface area (Å²) in [6.45, 7) is 1.00. The van der Waals surface area contributed by atoms with Crippen LogP contribution in [0.25, 0.3) is 0 Å². The third-order valence-electron chi connectivity index (χ3n) is 4.63. The quantitative estimate of drug-likeness (QED) is 0.803. The SMILES string of the molecule is CN(Cc1ccccc1)C(=O)NCCc1nc(C2(N)CCCC2)no1.Cl. The van der Waals surface area contributed by atoms with Gasteiger partial charge in [-0.2, -0.15) is 4.98 Å². The molecular weight excluding hydrogens is 354 g/mol. The van der Waals surface area contributed by atoms with Crippen molar-refractivity contribution in [2.75, 3.05) is 13.6 Å². The Morgan fingerprint density at radius 1 is 1.31 bits per heavy atom. The number of rotatable bonds is 6. The molecule has 0 bridgehead atoms. The summed E-state index contributed by atoms with van der Waals surface area (Å²) in [5.41, 5.74) is 6.97. The molecule has 3 N–H and O–H groups in total. The highest BCUT2D eigenvalue weighted by Gasteiger charge is 2.35. The normalized spacial score (nSPS) is 15.3. The number of urea groups is 1. The first kappa shape index (κ1) is 20.2. The Hall–Kier alpha value is -2.12. The molecule has 142 valence electrons. The molecule has 26 heavy (non-hydrogen) atoms. The number of carbonyl (C=O) groups excluding carboxylic acids is 1. The van der Waals surface area contributed by atoms with Crippen LogP contribution in [-0.4, -0.2) is 34.7 Å². The zero-order chi connectivity index (χ0) is 17.7. The van der Waals surface area contributed by atoms with Gasteiger partial charge in [-0.05, 0) is 18.4 Å². The summed E-state index contributed by atoms with van der Waals surface area (Å²) in [5.74, 6) is 1.10. The lowest BCUT2D eigenvalue weighted by Crippen LogP contribution is -2.37. The van der Waals surface area contributed by atoms with Crippen LogP contribution in [0, 0.1) is 0 Å². The maximum Gasteiger partial charge on any atom is 0.317 e. The van der Waals surface area contributed by atoms with Crippen LogP contribution in [0.1, 0.15) is 43.0 Å². The fraction of sp³-hybridized carbons (Fsp3) is 0.500. The van der Waals surface area contributed by atoms with Crippen molar-refractivity contribution in [3.63, 3.8) is 0 Å². The molecule has 2 amide bonds. The molecule has 1 aliphatic rings. The van der Waals surface area contributed by atoms with E-state index in [-0.39, 0.29) is 18.4 Å². The van der Waals surface area contributed by atoms with Crippen molar-refractivity contribution in [1.82, 2.24) is 20.4 Å². The topological polar surface area (TPSA) is 97.3 Å². The van der Waals surface area contributed by atoms with Crippen molar-refractivity contribution in [1.29, 1.82) is 0 Å². The molecule has 0 aliphatic heterocycles. The summed E-state index contributed by atoms with van der Waals surface area (Å²) in [5, 5.41) is 6.89. The molecule has 0 radical (unpaired) electrons. The Bertz CT molecular complexity index is 701. The zero-order valence-electron chi connectivity index (χ0n) is 15.0. The van der Waals surface area contributed by atoms with Crippen LogP contribution in [0.5, 0.6) is 0 Å². The Balaban J connectivity index is 0.00000243. The van der Waals surface area contributed by atoms with E-state index in [0.29, 0.717) is 31.2 Å². The average Bonchev–Trinajstić information content (AvgIpc) is 3.26. The highest BCUT2D eigenvalue weighted by atomic mass is 35.5. The lowest BCUT2D eigenvalue weighted by atomic mass is 9.99. The minimum absolute atomic E-state index is 0. The van der Waals surface area contributed by atoms with E-state index >= 15 is 0 Å². The van der Waals surface area contributed by atoms with E-state index in [2.05, 4.69) is 15.5 Å². The van der Waals surface area contributed by atoms with Crippen LogP contribution >= 0.6 is 12.4 Å². The van der Waals surface area contributed by atoms with Crippen LogP contribution in [0.3, 0.4) is 0 Å². The van der Waals surface area contributed by atoms with Gasteiger partial charge in [0.05, 0.1) is 5.54 Å². The van der Waals surface area contributed by atoms with Crippen molar-refractivity contribution >= 4 is 18.4 Å². The second-order valence-electron chi connectivity index (χ2n) is 6.70. The highest BCUT2D eigenvalue weighted by molar-refractivity contribution is 5.85. The molecule has 0 atom stereocenters. The van der Waals surface area contributed by atoms with Crippen molar-refractivity contribution in [2.45, 2.75) is 44.2 Å². The van der Waals surface area contributed by atoms with Gasteiger partial charge in [0.1, 0.15) is 0 Å². The van der Waals surface area contributed by atoms with Gasteiger partial charge >= 0.3 is 6.03 Å². The van der Waals surface area contributed by atoms with E-state index < -0.39 is 5.54 Å². The summed E-state index contributed by atoms with van der Waals surface area (Å²) in [6.07, 6.45) is 4.49. The summed E-state index contributed by atoms with van der Waals surface area (Å²) in [6, 6.07) is 9.74. The molecule has 1 fully saturated rings. The standard InChI is InChI=1S/C18H25N5O2.ClH/c1-23(13-14-7-3-2-4-8-14)17(24)20-12-9-15-21-16(22-25-15)18(19)10-5-6-11-18;/h2-4,7-8H,5-6,9-13,19H2,1H3,(H,20,24);1H. The van der Waals surface area contributed by atoms with Gasteiger partial charge in [-0.25, -0.2) is 4.79 Å². The molecule has 1 aliphatic carbocycles. The molecule has 7 nitrogen and oxygen atoms in total. The molecule has 3 rings (SSSR count). The molecule has 1 aromatic heterocycles. The van der Waals surface area contributed by atoms with Crippen LogP contribution in [0.2, 0.25) is 0 Å². The number of aromatic nitrogens is 2. The fourth-order valence-corrected chi connectivity index (χ4v) is 3.13. The number of nitrogens with two attached hydrogens (primary N) is 1. The lowest BCUT2D eigenvalue weighted by Gasteiger charge is -2.18. The van der Waals surface area contributed by atoms with E-state index in [4.69, 9.17) is 10.3 Å². The van der Waals surface area contributed by atoms with Crippen LogP contribution < -0.4 is 11.1 Å². The Morgan fingerprint density at radius 3 is 2.69 bits per heavy atom. The van der Waals surface area contributed by atoms with Crippen molar-refractivity contribution < 1.29 is 9.32 Å². The number of carbonyl (C=O) groups is 1. The van der Waals surface area contributed by atoms with Gasteiger partial charge in [-0.1, -0.05) is 48.3 Å². The molecule has 2 aromatic rings. The van der Waals surface area contributed by atoms with E-state index in [0.717, 1.165) is 31.2 Å². The lowest BCUT2D eigenvalue weighted by molar-refractivity contribution is 0.206. The van der Waals surface area contributed by atoms with Gasteiger partial charge in [0.25, 0.3) is 0 Å². The maximum atomic E-state index is 12.1. The van der Waals surface area contributed by atoms with Gasteiger partial charge in [-0.3, -0.25) is 0 Å². The van der Waals surface area contributed by atoms with Gasteiger partial charge in [0, 0.05) is 26.6 Å². The molecule has 0 unspecified atom stereocenters. The maximum absolute atomic E-state index is 12.1. The number of hydrogen-bond donors (Lipinski definition) is 2. The van der Waals surface area contributed by atoms with E-state index in [1.165, 1.54) is 0 Å². The Kier molecular flexibility index (Phi) is 6.99. The Labute approximate surface area is 159 Å². The van der Waals surface area contributed by atoms with Crippen LogP contribution in [0.15, 0.2) is 34.9 Å². The summed E-state index contributed by atoms with van der Waals surface area (Å²) in [4.78, 5) is 18.2. The second-order valence-corrected chi connectivity index (χ2v) is 6.70. The number of hydrogen-bond acceptors (Lipinski definition) is 5. The summed E-state index contributed by atoms with van der Waals surface area (Å²) < 4.78 is 5.27. The van der Waals surface area contributed by atoms with Crippen molar-refractivity contribution in [2.24, 2.45) is 5.73 Å². The number of nitrogens with zero attached hydrogens (tertiary/aromatic N) is 3. The monoisotopic (exact) mass is 379 g/mol. The molecule has 1 aromatic carbocycles. The van der Waals surface area contributed by atoms with Gasteiger partial charge < -0.3 is 20.5 Å². The fourth-order valence-electron chi connectivity index (χ4n) is 3.13. The number of amides is 2. The zero-order valence-corrected chi connectivity index (χ0v) is 15.8. The van der Waals surface area contributed by atoms with E-state index in [9.17, 15) is 4.79 Å². The summed E-state index contributed by atoms with van der Waals surface area (Å²) >= 11 is 0. The first-order valence-corrected chi connectivity index (χ1v) is 8.72. The van der Waals surface area contributed by atoms with Crippen molar-refractivity contribution in [3.05, 3.63) is 47.6 Å². The number of nitrogens with one attached hydrogen (secondary N) is 1. The van der Waals surface area contributed by atoms with Gasteiger partial charge in [0.2, 0.25) is 5.89 Å². The van der Waals surface area contributed by atoms with Gasteiger partial charge in [0.15, 0.2) is 5.82 Å². The van der Waals surface area contributed by atoms with Crippen LogP contribution in [-0.2, 0) is 18.5 Å². The first-order chi connectivity index (χ1) is 12.1. The molecule has 0 spiro atoms. The predicted octanol–water partition coefficient (Wildman–Crippen LogP) is 2.60. The van der Waals surface area contributed by atoms with E-state index in [1.54, 1.807) is 11.9 Å².